The molecule has 0 spiro atoms. The molecular weight excluding hydrogens is 253 g/mol. The van der Waals surface area contributed by atoms with Crippen LogP contribution in [0.15, 0.2) is 48.5 Å². The van der Waals surface area contributed by atoms with Crippen LogP contribution in [0.1, 0.15) is 25.0 Å². The number of benzene rings is 2. The first kappa shape index (κ1) is 14.3. The van der Waals surface area contributed by atoms with Crippen molar-refractivity contribution in [1.29, 1.82) is 0 Å². The zero-order valence-electron chi connectivity index (χ0n) is 11.9. The van der Waals surface area contributed by atoms with Crippen molar-refractivity contribution in [3.63, 3.8) is 0 Å². The predicted octanol–water partition coefficient (Wildman–Crippen LogP) is 4.05. The van der Waals surface area contributed by atoms with Gasteiger partial charge in [-0.2, -0.15) is 0 Å². The van der Waals surface area contributed by atoms with Crippen LogP contribution in [0.5, 0.6) is 0 Å². The van der Waals surface area contributed by atoms with Gasteiger partial charge in [-0.25, -0.2) is 4.39 Å². The van der Waals surface area contributed by atoms with E-state index in [0.29, 0.717) is 0 Å². The van der Waals surface area contributed by atoms with E-state index in [2.05, 4.69) is 5.32 Å². The third-order valence-corrected chi connectivity index (χ3v) is 3.53. The summed E-state index contributed by atoms with van der Waals surface area (Å²) in [5, 5.41) is 2.93. The van der Waals surface area contributed by atoms with Gasteiger partial charge in [0, 0.05) is 5.69 Å². The largest absolute Gasteiger partial charge is 0.325 e. The molecular formula is C17H18FNO. The van der Waals surface area contributed by atoms with E-state index < -0.39 is 5.41 Å². The molecule has 104 valence electrons. The molecule has 2 rings (SSSR count). The molecule has 0 bridgehead atoms. The second-order valence-corrected chi connectivity index (χ2v) is 5.40. The Labute approximate surface area is 118 Å². The summed E-state index contributed by atoms with van der Waals surface area (Å²) in [4.78, 5) is 12.5. The van der Waals surface area contributed by atoms with E-state index in [-0.39, 0.29) is 11.7 Å². The number of halogens is 1. The minimum atomic E-state index is -0.726. The first-order valence-electron chi connectivity index (χ1n) is 6.54. The summed E-state index contributed by atoms with van der Waals surface area (Å²) < 4.78 is 13.0. The van der Waals surface area contributed by atoms with E-state index in [1.54, 1.807) is 12.1 Å². The summed E-state index contributed by atoms with van der Waals surface area (Å²) in [5.41, 5.74) is 1.86. The van der Waals surface area contributed by atoms with Crippen molar-refractivity contribution >= 4 is 11.6 Å². The van der Waals surface area contributed by atoms with Crippen LogP contribution < -0.4 is 5.32 Å². The molecule has 2 aromatic rings. The summed E-state index contributed by atoms with van der Waals surface area (Å²) >= 11 is 0. The smallest absolute Gasteiger partial charge is 0.234 e. The lowest BCUT2D eigenvalue weighted by atomic mass is 9.83. The molecule has 0 heterocycles. The summed E-state index contributed by atoms with van der Waals surface area (Å²) in [6.45, 7) is 5.60. The number of hydrogen-bond acceptors (Lipinski definition) is 1. The third-order valence-electron chi connectivity index (χ3n) is 3.53. The number of rotatable bonds is 3. The van der Waals surface area contributed by atoms with E-state index in [1.165, 1.54) is 12.1 Å². The quantitative estimate of drug-likeness (QED) is 0.896. The Bertz CT molecular complexity index is 617. The molecule has 0 fully saturated rings. The van der Waals surface area contributed by atoms with Gasteiger partial charge < -0.3 is 5.32 Å². The van der Waals surface area contributed by atoms with Crippen molar-refractivity contribution in [2.75, 3.05) is 5.32 Å². The minimum absolute atomic E-state index is 0.113. The fraction of sp³-hybridized carbons (Fsp3) is 0.235. The summed E-state index contributed by atoms with van der Waals surface area (Å²) in [6, 6.07) is 13.7. The molecule has 0 aliphatic carbocycles. The van der Waals surface area contributed by atoms with Gasteiger partial charge in [0.05, 0.1) is 5.41 Å². The van der Waals surface area contributed by atoms with Crippen LogP contribution in [0.3, 0.4) is 0 Å². The zero-order valence-corrected chi connectivity index (χ0v) is 11.9. The number of amides is 1. The normalized spacial score (nSPS) is 11.2. The molecule has 0 unspecified atom stereocenters. The van der Waals surface area contributed by atoms with E-state index in [9.17, 15) is 9.18 Å². The summed E-state index contributed by atoms with van der Waals surface area (Å²) in [5.74, 6) is -0.415. The lowest BCUT2D eigenvalue weighted by molar-refractivity contribution is -0.120. The SMILES string of the molecule is Cc1ccccc1NC(=O)C(C)(C)c1ccc(F)cc1. The molecule has 2 nitrogen and oxygen atoms in total. The van der Waals surface area contributed by atoms with Gasteiger partial charge in [0.1, 0.15) is 5.82 Å². The van der Waals surface area contributed by atoms with Crippen molar-refractivity contribution in [3.8, 4) is 0 Å². The van der Waals surface area contributed by atoms with Crippen LogP contribution in [-0.4, -0.2) is 5.91 Å². The van der Waals surface area contributed by atoms with Gasteiger partial charge in [-0.05, 0) is 50.1 Å². The highest BCUT2D eigenvalue weighted by atomic mass is 19.1. The molecule has 0 aliphatic heterocycles. The van der Waals surface area contributed by atoms with Gasteiger partial charge in [-0.1, -0.05) is 30.3 Å². The summed E-state index contributed by atoms with van der Waals surface area (Å²) in [7, 11) is 0. The molecule has 0 atom stereocenters. The average Bonchev–Trinajstić information content (AvgIpc) is 2.41. The lowest BCUT2D eigenvalue weighted by Gasteiger charge is -2.24. The molecule has 1 amide bonds. The maximum absolute atomic E-state index is 13.0. The second kappa shape index (κ2) is 5.45. The first-order chi connectivity index (χ1) is 9.41. The van der Waals surface area contributed by atoms with Gasteiger partial charge in [-0.15, -0.1) is 0 Å². The Balaban J connectivity index is 2.23. The van der Waals surface area contributed by atoms with Crippen LogP contribution in [0.4, 0.5) is 10.1 Å². The molecule has 0 aromatic heterocycles. The Hall–Kier alpha value is -2.16. The van der Waals surface area contributed by atoms with Gasteiger partial charge in [0.25, 0.3) is 0 Å². The van der Waals surface area contributed by atoms with Gasteiger partial charge >= 0.3 is 0 Å². The van der Waals surface area contributed by atoms with Crippen LogP contribution in [-0.2, 0) is 10.2 Å². The first-order valence-corrected chi connectivity index (χ1v) is 6.54. The molecule has 2 aromatic carbocycles. The van der Waals surface area contributed by atoms with Crippen molar-refractivity contribution in [2.24, 2.45) is 0 Å². The highest BCUT2D eigenvalue weighted by Gasteiger charge is 2.30. The Morgan fingerprint density at radius 1 is 1.05 bits per heavy atom. The van der Waals surface area contributed by atoms with Gasteiger partial charge in [0.2, 0.25) is 5.91 Å². The van der Waals surface area contributed by atoms with E-state index >= 15 is 0 Å². The molecule has 1 N–H and O–H groups in total. The Morgan fingerprint density at radius 3 is 2.25 bits per heavy atom. The highest BCUT2D eigenvalue weighted by molar-refractivity contribution is 5.99. The van der Waals surface area contributed by atoms with Gasteiger partial charge in [-0.3, -0.25) is 4.79 Å². The number of hydrogen-bond donors (Lipinski definition) is 1. The number of aryl methyl sites for hydroxylation is 1. The van der Waals surface area contributed by atoms with Crippen molar-refractivity contribution in [1.82, 2.24) is 0 Å². The Kier molecular flexibility index (Phi) is 3.89. The lowest BCUT2D eigenvalue weighted by Crippen LogP contribution is -2.34. The topological polar surface area (TPSA) is 29.1 Å². The maximum atomic E-state index is 13.0. The number of carbonyl (C=O) groups excluding carboxylic acids is 1. The van der Waals surface area contributed by atoms with Crippen LogP contribution >= 0.6 is 0 Å². The van der Waals surface area contributed by atoms with Crippen molar-refractivity contribution < 1.29 is 9.18 Å². The maximum Gasteiger partial charge on any atom is 0.234 e. The zero-order chi connectivity index (χ0) is 14.8. The molecule has 0 saturated carbocycles. The Morgan fingerprint density at radius 2 is 1.65 bits per heavy atom. The van der Waals surface area contributed by atoms with Crippen molar-refractivity contribution in [3.05, 3.63) is 65.5 Å². The number of carbonyl (C=O) groups is 1. The fourth-order valence-electron chi connectivity index (χ4n) is 1.99. The molecule has 0 saturated heterocycles. The molecule has 3 heteroatoms. The number of para-hydroxylation sites is 1. The average molecular weight is 271 g/mol. The van der Waals surface area contributed by atoms with E-state index in [1.807, 2.05) is 45.0 Å². The molecule has 0 aliphatic rings. The van der Waals surface area contributed by atoms with Gasteiger partial charge in [0.15, 0.2) is 0 Å². The fourth-order valence-corrected chi connectivity index (χ4v) is 1.99. The standard InChI is InChI=1S/C17H18FNO/c1-12-6-4-5-7-15(12)19-16(20)17(2,3)13-8-10-14(18)11-9-13/h4-11H,1-3H3,(H,19,20). The van der Waals surface area contributed by atoms with Crippen LogP contribution in [0.25, 0.3) is 0 Å². The number of anilines is 1. The molecule has 0 radical (unpaired) electrons. The van der Waals surface area contributed by atoms with E-state index in [0.717, 1.165) is 16.8 Å². The summed E-state index contributed by atoms with van der Waals surface area (Å²) in [6.07, 6.45) is 0. The third kappa shape index (κ3) is 2.87. The van der Waals surface area contributed by atoms with Crippen LogP contribution in [0.2, 0.25) is 0 Å². The monoisotopic (exact) mass is 271 g/mol. The highest BCUT2D eigenvalue weighted by Crippen LogP contribution is 2.26. The minimum Gasteiger partial charge on any atom is -0.325 e. The van der Waals surface area contributed by atoms with Crippen LogP contribution in [0, 0.1) is 12.7 Å². The number of nitrogens with one attached hydrogen (secondary N) is 1. The molecule has 20 heavy (non-hydrogen) atoms. The predicted molar refractivity (Wildman–Crippen MR) is 79.2 cm³/mol. The second-order valence-electron chi connectivity index (χ2n) is 5.40. The van der Waals surface area contributed by atoms with Crippen molar-refractivity contribution in [2.45, 2.75) is 26.2 Å². The van der Waals surface area contributed by atoms with E-state index in [4.69, 9.17) is 0 Å².